The van der Waals surface area contributed by atoms with Crippen LogP contribution >= 0.6 is 24.8 Å². The van der Waals surface area contributed by atoms with Crippen LogP contribution in [0, 0.1) is 12.3 Å². The smallest absolute Gasteiger partial charge is 0.142 e. The highest BCUT2D eigenvalue weighted by Crippen LogP contribution is 2.28. The van der Waals surface area contributed by atoms with Crippen molar-refractivity contribution in [1.29, 1.82) is 0 Å². The van der Waals surface area contributed by atoms with Crippen LogP contribution in [0.15, 0.2) is 24.3 Å². The Hall–Kier alpha value is -1.16. The molecular formula is C20H32Cl2N2O3. The van der Waals surface area contributed by atoms with Crippen LogP contribution in [-0.2, 0) is 4.74 Å². The predicted molar refractivity (Wildman–Crippen MR) is 116 cm³/mol. The summed E-state index contributed by atoms with van der Waals surface area (Å²) in [7, 11) is 1.70. The van der Waals surface area contributed by atoms with Gasteiger partial charge in [0.25, 0.3) is 0 Å². The van der Waals surface area contributed by atoms with Gasteiger partial charge in [0.15, 0.2) is 0 Å². The molecule has 1 fully saturated rings. The Bertz CT molecular complexity index is 589. The van der Waals surface area contributed by atoms with Crippen molar-refractivity contribution in [2.45, 2.75) is 32.0 Å². The van der Waals surface area contributed by atoms with E-state index in [0.717, 1.165) is 44.0 Å². The number of β-amino-alcohol motifs (C(OH)–C–C–N with tert-alkyl or cyclic N) is 1. The monoisotopic (exact) mass is 418 g/mol. The molecule has 2 unspecified atom stereocenters. The lowest BCUT2D eigenvalue weighted by Gasteiger charge is -2.37. The Morgan fingerprint density at radius 3 is 2.41 bits per heavy atom. The normalized spacial score (nSPS) is 17.7. The summed E-state index contributed by atoms with van der Waals surface area (Å²) < 4.78 is 11.2. The molecular weight excluding hydrogens is 387 g/mol. The molecule has 2 atom stereocenters. The summed E-state index contributed by atoms with van der Waals surface area (Å²) in [6.45, 7) is 8.35. The number of piperazine rings is 1. The minimum absolute atomic E-state index is 0. The largest absolute Gasteiger partial charge is 0.495 e. The molecule has 5 nitrogen and oxygen atoms in total. The molecule has 1 aliphatic heterocycles. The molecule has 0 radical (unpaired) electrons. The SMILES string of the molecule is C#CC(C)(CC)OCC(O)CN1CCN(c2ccccc2OC)CC1.Cl.Cl. The number of rotatable bonds is 8. The van der Waals surface area contributed by atoms with E-state index in [9.17, 15) is 5.11 Å². The fraction of sp³-hybridized carbons (Fsp3) is 0.600. The first-order valence-electron chi connectivity index (χ1n) is 8.91. The lowest BCUT2D eigenvalue weighted by atomic mass is 10.1. The summed E-state index contributed by atoms with van der Waals surface area (Å²) >= 11 is 0. The van der Waals surface area contributed by atoms with Gasteiger partial charge in [-0.3, -0.25) is 4.90 Å². The van der Waals surface area contributed by atoms with Crippen molar-refractivity contribution in [2.24, 2.45) is 0 Å². The summed E-state index contributed by atoms with van der Waals surface area (Å²) in [5, 5.41) is 10.3. The predicted octanol–water partition coefficient (Wildman–Crippen LogP) is 2.84. The Kier molecular flexibility index (Phi) is 11.8. The summed E-state index contributed by atoms with van der Waals surface area (Å²) in [4.78, 5) is 4.59. The minimum Gasteiger partial charge on any atom is -0.495 e. The lowest BCUT2D eigenvalue weighted by molar-refractivity contribution is -0.0473. The van der Waals surface area contributed by atoms with Gasteiger partial charge in [-0.25, -0.2) is 0 Å². The van der Waals surface area contributed by atoms with E-state index in [2.05, 4.69) is 21.8 Å². The number of aliphatic hydroxyl groups excluding tert-OH is 1. The maximum atomic E-state index is 10.3. The number of ether oxygens (including phenoxy) is 2. The zero-order valence-corrected chi connectivity index (χ0v) is 18.0. The number of anilines is 1. The van der Waals surface area contributed by atoms with Gasteiger partial charge in [0, 0.05) is 32.7 Å². The molecule has 0 aromatic heterocycles. The summed E-state index contributed by atoms with van der Waals surface area (Å²) in [5.41, 5.74) is 0.532. The van der Waals surface area contributed by atoms with Crippen LogP contribution in [0.1, 0.15) is 20.3 Å². The molecule has 0 aliphatic carbocycles. The zero-order valence-electron chi connectivity index (χ0n) is 16.4. The van der Waals surface area contributed by atoms with Crippen molar-refractivity contribution in [3.8, 4) is 18.1 Å². The fourth-order valence-corrected chi connectivity index (χ4v) is 2.94. The molecule has 1 aromatic carbocycles. The number of nitrogens with zero attached hydrogens (tertiary/aromatic N) is 2. The number of hydrogen-bond acceptors (Lipinski definition) is 5. The van der Waals surface area contributed by atoms with Gasteiger partial charge in [-0.1, -0.05) is 25.0 Å². The first-order valence-corrected chi connectivity index (χ1v) is 8.91. The van der Waals surface area contributed by atoms with Crippen LogP contribution in [-0.4, -0.2) is 68.2 Å². The first kappa shape index (κ1) is 25.8. The number of aliphatic hydroxyl groups is 1. The highest BCUT2D eigenvalue weighted by molar-refractivity contribution is 5.85. The second-order valence-electron chi connectivity index (χ2n) is 6.65. The Labute approximate surface area is 175 Å². The summed E-state index contributed by atoms with van der Waals surface area (Å²) in [6.07, 6.45) is 5.70. The Morgan fingerprint density at radius 1 is 1.22 bits per heavy atom. The first-order chi connectivity index (χ1) is 12.0. The molecule has 2 rings (SSSR count). The quantitative estimate of drug-likeness (QED) is 0.657. The fourth-order valence-electron chi connectivity index (χ4n) is 2.94. The molecule has 0 amide bonds. The molecule has 0 spiro atoms. The second-order valence-corrected chi connectivity index (χ2v) is 6.65. The van der Waals surface area contributed by atoms with Crippen LogP contribution in [0.5, 0.6) is 5.75 Å². The molecule has 1 heterocycles. The van der Waals surface area contributed by atoms with Gasteiger partial charge in [-0.15, -0.1) is 31.2 Å². The number of halogens is 2. The maximum absolute atomic E-state index is 10.3. The zero-order chi connectivity index (χ0) is 18.3. The number of terminal acetylenes is 1. The summed E-state index contributed by atoms with van der Waals surface area (Å²) in [6, 6.07) is 8.08. The van der Waals surface area contributed by atoms with E-state index < -0.39 is 11.7 Å². The topological polar surface area (TPSA) is 45.2 Å². The number of benzene rings is 1. The molecule has 0 bridgehead atoms. The van der Waals surface area contributed by atoms with Gasteiger partial charge >= 0.3 is 0 Å². The van der Waals surface area contributed by atoms with Crippen LogP contribution in [0.3, 0.4) is 0 Å². The average Bonchev–Trinajstić information content (AvgIpc) is 2.66. The maximum Gasteiger partial charge on any atom is 0.142 e. The van der Waals surface area contributed by atoms with E-state index in [0.29, 0.717) is 6.54 Å². The number of para-hydroxylation sites is 2. The van der Waals surface area contributed by atoms with Crippen molar-refractivity contribution in [2.75, 3.05) is 51.3 Å². The lowest BCUT2D eigenvalue weighted by Crippen LogP contribution is -2.49. The van der Waals surface area contributed by atoms with Crippen molar-refractivity contribution in [3.63, 3.8) is 0 Å². The molecule has 1 aromatic rings. The third kappa shape index (κ3) is 7.40. The van der Waals surface area contributed by atoms with Gasteiger partial charge in [-0.2, -0.15) is 0 Å². The van der Waals surface area contributed by atoms with Crippen molar-refractivity contribution in [3.05, 3.63) is 24.3 Å². The second kappa shape index (κ2) is 12.3. The van der Waals surface area contributed by atoms with E-state index in [-0.39, 0.29) is 31.4 Å². The summed E-state index contributed by atoms with van der Waals surface area (Å²) in [5.74, 6) is 3.56. The van der Waals surface area contributed by atoms with E-state index >= 15 is 0 Å². The van der Waals surface area contributed by atoms with E-state index in [1.54, 1.807) is 7.11 Å². The molecule has 154 valence electrons. The van der Waals surface area contributed by atoms with Crippen molar-refractivity contribution < 1.29 is 14.6 Å². The van der Waals surface area contributed by atoms with Crippen LogP contribution in [0.2, 0.25) is 0 Å². The van der Waals surface area contributed by atoms with E-state index in [1.165, 1.54) is 0 Å². The number of hydrogen-bond donors (Lipinski definition) is 1. The average molecular weight is 419 g/mol. The van der Waals surface area contributed by atoms with Crippen LogP contribution in [0.25, 0.3) is 0 Å². The Balaban J connectivity index is 0.00000338. The van der Waals surface area contributed by atoms with E-state index in [4.69, 9.17) is 15.9 Å². The molecule has 1 aliphatic rings. The van der Waals surface area contributed by atoms with Crippen LogP contribution < -0.4 is 9.64 Å². The molecule has 27 heavy (non-hydrogen) atoms. The van der Waals surface area contributed by atoms with Crippen molar-refractivity contribution >= 4 is 30.5 Å². The number of methoxy groups -OCH3 is 1. The molecule has 1 N–H and O–H groups in total. The van der Waals surface area contributed by atoms with Gasteiger partial charge in [0.2, 0.25) is 0 Å². The third-order valence-electron chi connectivity index (χ3n) is 4.84. The molecule has 1 saturated heterocycles. The van der Waals surface area contributed by atoms with Crippen molar-refractivity contribution in [1.82, 2.24) is 4.90 Å². The van der Waals surface area contributed by atoms with Gasteiger partial charge in [0.05, 0.1) is 25.5 Å². The minimum atomic E-state index is -0.594. The van der Waals surface area contributed by atoms with Gasteiger partial charge in [0.1, 0.15) is 11.4 Å². The molecule has 7 heteroatoms. The van der Waals surface area contributed by atoms with Gasteiger partial charge < -0.3 is 19.5 Å². The third-order valence-corrected chi connectivity index (χ3v) is 4.84. The van der Waals surface area contributed by atoms with Crippen LogP contribution in [0.4, 0.5) is 5.69 Å². The van der Waals surface area contributed by atoms with E-state index in [1.807, 2.05) is 32.0 Å². The Morgan fingerprint density at radius 2 is 1.85 bits per heavy atom. The van der Waals surface area contributed by atoms with Gasteiger partial charge in [-0.05, 0) is 25.5 Å². The highest BCUT2D eigenvalue weighted by Gasteiger charge is 2.24. The highest BCUT2D eigenvalue weighted by atomic mass is 35.5. The molecule has 0 saturated carbocycles. The standard InChI is InChI=1S/C20H30N2O3.2ClH/c1-5-20(3,6-2)25-16-17(23)15-21-11-13-22(14-12-21)18-9-7-8-10-19(18)24-4;;/h1,7-10,17,23H,6,11-16H2,2-4H3;2*1H.